The lowest BCUT2D eigenvalue weighted by atomic mass is 10.2. The zero-order valence-electron chi connectivity index (χ0n) is 11.1. The number of aliphatic hydroxyl groups is 1. The van der Waals surface area contributed by atoms with E-state index < -0.39 is 0 Å². The van der Waals surface area contributed by atoms with E-state index in [1.807, 2.05) is 24.3 Å². The molecule has 1 N–H and O–H groups in total. The third-order valence-electron chi connectivity index (χ3n) is 3.70. The van der Waals surface area contributed by atoms with Crippen molar-refractivity contribution in [3.8, 4) is 11.5 Å². The van der Waals surface area contributed by atoms with Crippen LogP contribution in [0.2, 0.25) is 5.02 Å². The Morgan fingerprint density at radius 1 is 1.45 bits per heavy atom. The molecule has 106 valence electrons. The van der Waals surface area contributed by atoms with Crippen LogP contribution in [0.15, 0.2) is 34.9 Å². The Hall–Kier alpha value is -1.36. The van der Waals surface area contributed by atoms with E-state index in [9.17, 15) is 5.11 Å². The molecule has 0 aliphatic carbocycles. The summed E-state index contributed by atoms with van der Waals surface area (Å²) >= 11 is 5.97. The van der Waals surface area contributed by atoms with Gasteiger partial charge in [0.2, 0.25) is 5.89 Å². The summed E-state index contributed by atoms with van der Waals surface area (Å²) in [4.78, 5) is 6.75. The van der Waals surface area contributed by atoms with Crippen molar-refractivity contribution in [3.63, 3.8) is 0 Å². The minimum absolute atomic E-state index is 0.207. The number of likely N-dealkylation sites (tertiary alicyclic amines) is 1. The third kappa shape index (κ3) is 2.87. The molecule has 4 nitrogen and oxygen atoms in total. The fraction of sp³-hybridized carbons (Fsp3) is 0.400. The molecule has 1 unspecified atom stereocenters. The zero-order valence-corrected chi connectivity index (χ0v) is 11.9. The molecule has 2 heterocycles. The summed E-state index contributed by atoms with van der Waals surface area (Å²) in [7, 11) is 0. The molecule has 1 aromatic carbocycles. The largest absolute Gasteiger partial charge is 0.444 e. The minimum Gasteiger partial charge on any atom is -0.444 e. The van der Waals surface area contributed by atoms with Crippen LogP contribution in [0.4, 0.5) is 0 Å². The summed E-state index contributed by atoms with van der Waals surface area (Å²) in [5.74, 6) is 0.585. The maximum Gasteiger partial charge on any atom is 0.226 e. The number of halogens is 1. The molecule has 0 amide bonds. The monoisotopic (exact) mass is 292 g/mol. The van der Waals surface area contributed by atoms with Gasteiger partial charge in [-0.15, -0.1) is 0 Å². The third-order valence-corrected chi connectivity index (χ3v) is 3.93. The van der Waals surface area contributed by atoms with Crippen molar-refractivity contribution in [2.45, 2.75) is 25.4 Å². The van der Waals surface area contributed by atoms with Crippen LogP contribution in [0.3, 0.4) is 0 Å². The topological polar surface area (TPSA) is 49.5 Å². The predicted octanol–water partition coefficient (Wildman–Crippen LogP) is 2.95. The van der Waals surface area contributed by atoms with E-state index >= 15 is 0 Å². The summed E-state index contributed by atoms with van der Waals surface area (Å²) in [5, 5.41) is 10.00. The van der Waals surface area contributed by atoms with Gasteiger partial charge >= 0.3 is 0 Å². The number of rotatable bonds is 4. The average molecular weight is 293 g/mol. The number of nitrogens with zero attached hydrogens (tertiary/aromatic N) is 2. The molecule has 1 atom stereocenters. The normalized spacial score (nSPS) is 19.6. The van der Waals surface area contributed by atoms with Gasteiger partial charge in [0.05, 0.1) is 12.3 Å². The van der Waals surface area contributed by atoms with Crippen molar-refractivity contribution in [2.75, 3.05) is 13.2 Å². The first-order valence-electron chi connectivity index (χ1n) is 6.81. The first kappa shape index (κ1) is 13.6. The van der Waals surface area contributed by atoms with Gasteiger partial charge in [0, 0.05) is 23.2 Å². The summed E-state index contributed by atoms with van der Waals surface area (Å²) in [6.07, 6.45) is 3.86. The van der Waals surface area contributed by atoms with E-state index in [1.165, 1.54) is 0 Å². The molecule has 1 fully saturated rings. The Bertz CT molecular complexity index is 585. The molecule has 20 heavy (non-hydrogen) atoms. The van der Waals surface area contributed by atoms with E-state index in [4.69, 9.17) is 16.0 Å². The molecule has 0 spiro atoms. The number of hydrogen-bond acceptors (Lipinski definition) is 4. The fourth-order valence-corrected chi connectivity index (χ4v) is 2.84. The first-order valence-corrected chi connectivity index (χ1v) is 7.19. The highest BCUT2D eigenvalue weighted by molar-refractivity contribution is 6.30. The zero-order chi connectivity index (χ0) is 13.9. The molecule has 0 saturated carbocycles. The molecule has 3 rings (SSSR count). The van der Waals surface area contributed by atoms with Gasteiger partial charge in [-0.05, 0) is 37.6 Å². The number of hydrogen-bond donors (Lipinski definition) is 1. The maximum absolute atomic E-state index is 9.33. The smallest absolute Gasteiger partial charge is 0.226 e. The molecule has 1 saturated heterocycles. The number of aliphatic hydroxyl groups excluding tert-OH is 1. The number of benzene rings is 1. The Balaban J connectivity index is 1.74. The Morgan fingerprint density at radius 2 is 2.35 bits per heavy atom. The van der Waals surface area contributed by atoms with Gasteiger partial charge in [0.15, 0.2) is 0 Å². The van der Waals surface area contributed by atoms with Crippen molar-refractivity contribution >= 4 is 11.6 Å². The van der Waals surface area contributed by atoms with Crippen molar-refractivity contribution in [3.05, 3.63) is 41.2 Å². The van der Waals surface area contributed by atoms with E-state index in [2.05, 4.69) is 9.88 Å². The summed E-state index contributed by atoms with van der Waals surface area (Å²) in [6.45, 7) is 1.93. The molecule has 5 heteroatoms. The molecule has 1 aliphatic rings. The molecular weight excluding hydrogens is 276 g/mol. The summed E-state index contributed by atoms with van der Waals surface area (Å²) in [5.41, 5.74) is 1.77. The molecular formula is C15H17ClN2O2. The lowest BCUT2D eigenvalue weighted by Gasteiger charge is -2.20. The second kappa shape index (κ2) is 5.95. The molecule has 0 radical (unpaired) electrons. The number of oxazole rings is 1. The Labute approximate surface area is 123 Å². The van der Waals surface area contributed by atoms with E-state index in [1.54, 1.807) is 6.26 Å². The Morgan fingerprint density at radius 3 is 3.15 bits per heavy atom. The summed E-state index contributed by atoms with van der Waals surface area (Å²) in [6, 6.07) is 7.72. The van der Waals surface area contributed by atoms with Crippen molar-refractivity contribution in [2.24, 2.45) is 0 Å². The second-order valence-corrected chi connectivity index (χ2v) is 5.54. The van der Waals surface area contributed by atoms with Crippen LogP contribution in [-0.4, -0.2) is 34.2 Å². The van der Waals surface area contributed by atoms with Gasteiger partial charge in [-0.3, -0.25) is 4.90 Å². The van der Waals surface area contributed by atoms with Crippen LogP contribution < -0.4 is 0 Å². The lowest BCUT2D eigenvalue weighted by Crippen LogP contribution is -2.31. The predicted molar refractivity (Wildman–Crippen MR) is 77.5 cm³/mol. The van der Waals surface area contributed by atoms with E-state index in [0.29, 0.717) is 10.9 Å². The van der Waals surface area contributed by atoms with Gasteiger partial charge in [-0.25, -0.2) is 4.98 Å². The first-order chi connectivity index (χ1) is 9.76. The fourth-order valence-electron chi connectivity index (χ4n) is 2.65. The van der Waals surface area contributed by atoms with Gasteiger partial charge in [0.25, 0.3) is 0 Å². The second-order valence-electron chi connectivity index (χ2n) is 5.10. The maximum atomic E-state index is 9.33. The van der Waals surface area contributed by atoms with Gasteiger partial charge < -0.3 is 9.52 Å². The highest BCUT2D eigenvalue weighted by Gasteiger charge is 2.24. The van der Waals surface area contributed by atoms with Crippen LogP contribution in [0, 0.1) is 0 Å². The average Bonchev–Trinajstić information content (AvgIpc) is 3.08. The highest BCUT2D eigenvalue weighted by Crippen LogP contribution is 2.24. The SMILES string of the molecule is OCC1CCCN1Cc1coc(-c2cccc(Cl)c2)n1. The van der Waals surface area contributed by atoms with E-state index in [0.717, 1.165) is 37.2 Å². The highest BCUT2D eigenvalue weighted by atomic mass is 35.5. The standard InChI is InChI=1S/C15H17ClN2O2/c16-12-4-1-3-11(7-12)15-17-13(10-20-15)8-18-6-2-5-14(18)9-19/h1,3-4,7,10,14,19H,2,5-6,8-9H2. The molecule has 1 aliphatic heterocycles. The van der Waals surface area contributed by atoms with Crippen LogP contribution >= 0.6 is 11.6 Å². The summed E-state index contributed by atoms with van der Waals surface area (Å²) < 4.78 is 5.53. The van der Waals surface area contributed by atoms with E-state index in [-0.39, 0.29) is 12.6 Å². The molecule has 2 aromatic rings. The van der Waals surface area contributed by atoms with Gasteiger partial charge in [-0.2, -0.15) is 0 Å². The minimum atomic E-state index is 0.207. The van der Waals surface area contributed by atoms with Gasteiger partial charge in [0.1, 0.15) is 6.26 Å². The van der Waals surface area contributed by atoms with Gasteiger partial charge in [-0.1, -0.05) is 17.7 Å². The molecule has 0 bridgehead atoms. The van der Waals surface area contributed by atoms with Crippen molar-refractivity contribution in [1.82, 2.24) is 9.88 Å². The number of aromatic nitrogens is 1. The lowest BCUT2D eigenvalue weighted by molar-refractivity contribution is 0.152. The van der Waals surface area contributed by atoms with Crippen LogP contribution in [-0.2, 0) is 6.54 Å². The van der Waals surface area contributed by atoms with Crippen LogP contribution in [0.25, 0.3) is 11.5 Å². The Kier molecular flexibility index (Phi) is 4.05. The molecule has 1 aromatic heterocycles. The van der Waals surface area contributed by atoms with Crippen LogP contribution in [0.1, 0.15) is 18.5 Å². The quantitative estimate of drug-likeness (QED) is 0.941. The van der Waals surface area contributed by atoms with Crippen LogP contribution in [0.5, 0.6) is 0 Å². The van der Waals surface area contributed by atoms with Crippen molar-refractivity contribution < 1.29 is 9.52 Å². The van der Waals surface area contributed by atoms with Crippen molar-refractivity contribution in [1.29, 1.82) is 0 Å².